The zero-order chi connectivity index (χ0) is 42.1. The Hall–Kier alpha value is -8.08. The minimum Gasteiger partial charge on any atom is -0.248 e. The molecule has 9 aromatic carbocycles. The molecule has 0 aliphatic heterocycles. The third-order valence-corrected chi connectivity index (χ3v) is 12.8. The molecule has 0 unspecified atom stereocenters. The van der Waals surface area contributed by atoms with Crippen molar-refractivity contribution >= 4 is 32.4 Å². The summed E-state index contributed by atoms with van der Waals surface area (Å²) in [5.41, 5.74) is 15.1. The second-order valence-corrected chi connectivity index (χ2v) is 17.1. The summed E-state index contributed by atoms with van der Waals surface area (Å²) in [7, 11) is 0. The van der Waals surface area contributed by atoms with E-state index in [0.717, 1.165) is 71.9 Å². The van der Waals surface area contributed by atoms with E-state index in [2.05, 4.69) is 220 Å². The molecule has 0 spiro atoms. The predicted octanol–water partition coefficient (Wildman–Crippen LogP) is 15.0. The maximum absolute atomic E-state index is 5.40. The quantitative estimate of drug-likeness (QED) is 0.168. The van der Waals surface area contributed by atoms with E-state index in [-0.39, 0.29) is 5.41 Å². The Morgan fingerprint density at radius 3 is 1.48 bits per heavy atom. The van der Waals surface area contributed by atoms with Crippen molar-refractivity contribution in [3.63, 3.8) is 0 Å². The van der Waals surface area contributed by atoms with Crippen molar-refractivity contribution in [1.29, 1.82) is 0 Å². The third kappa shape index (κ3) is 6.38. The number of nitrogens with zero attached hydrogens (tertiary/aromatic N) is 4. The summed E-state index contributed by atoms with van der Waals surface area (Å²) in [5.74, 6) is 1.85. The molecule has 2 heterocycles. The lowest BCUT2D eigenvalue weighted by molar-refractivity contribution is 0.661. The Bertz CT molecular complexity index is 3500. The van der Waals surface area contributed by atoms with Crippen molar-refractivity contribution in [3.05, 3.63) is 217 Å². The fraction of sp³-hybridized carbons (Fsp3) is 0.0508. The van der Waals surface area contributed by atoms with Gasteiger partial charge >= 0.3 is 0 Å². The monoisotopic (exact) mass is 804 g/mol. The molecule has 0 amide bonds. The zero-order valence-corrected chi connectivity index (χ0v) is 34.9. The van der Waals surface area contributed by atoms with Gasteiger partial charge < -0.3 is 0 Å². The van der Waals surface area contributed by atoms with E-state index in [1.807, 2.05) is 0 Å². The van der Waals surface area contributed by atoms with Gasteiger partial charge in [0.15, 0.2) is 17.5 Å². The van der Waals surface area contributed by atoms with E-state index in [9.17, 15) is 0 Å². The lowest BCUT2D eigenvalue weighted by Gasteiger charge is -2.22. The van der Waals surface area contributed by atoms with Crippen molar-refractivity contribution in [3.8, 4) is 78.8 Å². The molecule has 12 rings (SSSR count). The first-order valence-corrected chi connectivity index (χ1v) is 21.5. The average molecular weight is 805 g/mol. The number of hydrogen-bond donors (Lipinski definition) is 0. The van der Waals surface area contributed by atoms with E-state index < -0.39 is 0 Å². The molecule has 0 fully saturated rings. The average Bonchev–Trinajstić information content (AvgIpc) is 3.57. The smallest absolute Gasteiger partial charge is 0.164 e. The Kier molecular flexibility index (Phi) is 8.48. The second-order valence-electron chi connectivity index (χ2n) is 17.1. The number of hydrogen-bond acceptors (Lipinski definition) is 4. The van der Waals surface area contributed by atoms with E-state index >= 15 is 0 Å². The number of fused-ring (bicyclic) bond motifs is 6. The minimum absolute atomic E-state index is 0.157. The normalized spacial score (nSPS) is 12.7. The Morgan fingerprint density at radius 2 is 0.825 bits per heavy atom. The standard InChI is InChI=1S/C59H40N4/c1-59(2)52-24-14-13-23-48(52)50-34-51-49(35-54(40-19-7-4-8-20-40)60-55(51)36-53(50)59)46-31-45(37-15-5-3-6-16-37)32-47(33-46)58-62-56(43-27-25-38-17-9-11-21-41(38)29-43)61-57(63-58)44-28-26-39-18-10-12-22-42(39)30-44/h3-36H,1-2H3. The number of benzene rings is 9. The Labute approximate surface area is 366 Å². The van der Waals surface area contributed by atoms with Gasteiger partial charge in [-0.05, 0) is 115 Å². The molecule has 0 N–H and O–H groups in total. The van der Waals surface area contributed by atoms with Crippen LogP contribution < -0.4 is 0 Å². The van der Waals surface area contributed by atoms with Gasteiger partial charge in [0.2, 0.25) is 0 Å². The van der Waals surface area contributed by atoms with E-state index in [1.54, 1.807) is 0 Å². The summed E-state index contributed by atoms with van der Waals surface area (Å²) in [6.07, 6.45) is 0. The number of pyridine rings is 1. The number of aromatic nitrogens is 4. The first-order chi connectivity index (χ1) is 30.9. The van der Waals surface area contributed by atoms with Gasteiger partial charge in [0.05, 0.1) is 11.2 Å². The topological polar surface area (TPSA) is 51.6 Å². The first kappa shape index (κ1) is 36.7. The van der Waals surface area contributed by atoms with Crippen molar-refractivity contribution in [2.75, 3.05) is 0 Å². The third-order valence-electron chi connectivity index (χ3n) is 12.8. The molecule has 296 valence electrons. The van der Waals surface area contributed by atoms with Gasteiger partial charge in [-0.2, -0.15) is 0 Å². The molecule has 1 aliphatic carbocycles. The highest BCUT2D eigenvalue weighted by atomic mass is 15.0. The van der Waals surface area contributed by atoms with Crippen LogP contribution in [0.1, 0.15) is 25.0 Å². The number of rotatable bonds is 6. The fourth-order valence-corrected chi connectivity index (χ4v) is 9.55. The highest BCUT2D eigenvalue weighted by molar-refractivity contribution is 6.02. The molecule has 0 saturated carbocycles. The van der Waals surface area contributed by atoms with Gasteiger partial charge in [0.25, 0.3) is 0 Å². The molecular formula is C59H40N4. The van der Waals surface area contributed by atoms with Gasteiger partial charge in [-0.1, -0.05) is 172 Å². The van der Waals surface area contributed by atoms with Crippen LogP contribution in [0.15, 0.2) is 206 Å². The van der Waals surface area contributed by atoms with Gasteiger partial charge in [-0.3, -0.25) is 0 Å². The van der Waals surface area contributed by atoms with E-state index in [4.69, 9.17) is 19.9 Å². The van der Waals surface area contributed by atoms with E-state index in [1.165, 1.54) is 33.0 Å². The molecule has 0 atom stereocenters. The van der Waals surface area contributed by atoms with Crippen molar-refractivity contribution in [1.82, 2.24) is 19.9 Å². The molecule has 0 saturated heterocycles. The molecule has 1 aliphatic rings. The summed E-state index contributed by atoms with van der Waals surface area (Å²) in [4.78, 5) is 21.2. The Balaban J connectivity index is 1.12. The van der Waals surface area contributed by atoms with Gasteiger partial charge in [0, 0.05) is 33.1 Å². The maximum Gasteiger partial charge on any atom is 0.164 e. The zero-order valence-electron chi connectivity index (χ0n) is 34.9. The van der Waals surface area contributed by atoms with Crippen LogP contribution in [0, 0.1) is 0 Å². The van der Waals surface area contributed by atoms with Crippen LogP contribution in [0.3, 0.4) is 0 Å². The van der Waals surface area contributed by atoms with Crippen LogP contribution in [-0.4, -0.2) is 19.9 Å². The molecule has 0 bridgehead atoms. The molecule has 4 nitrogen and oxygen atoms in total. The highest BCUT2D eigenvalue weighted by Gasteiger charge is 2.36. The summed E-state index contributed by atoms with van der Waals surface area (Å²) in [6, 6.07) is 73.4. The van der Waals surface area contributed by atoms with Crippen LogP contribution in [0.5, 0.6) is 0 Å². The maximum atomic E-state index is 5.40. The molecule has 63 heavy (non-hydrogen) atoms. The van der Waals surface area contributed by atoms with Gasteiger partial charge in [-0.25, -0.2) is 19.9 Å². The summed E-state index contributed by atoms with van der Waals surface area (Å²) >= 11 is 0. The highest BCUT2D eigenvalue weighted by Crippen LogP contribution is 2.51. The first-order valence-electron chi connectivity index (χ1n) is 21.5. The largest absolute Gasteiger partial charge is 0.248 e. The van der Waals surface area contributed by atoms with Crippen LogP contribution in [0.25, 0.3) is 111 Å². The van der Waals surface area contributed by atoms with E-state index in [0.29, 0.717) is 17.5 Å². The molecule has 11 aromatic rings. The van der Waals surface area contributed by atoms with Crippen LogP contribution >= 0.6 is 0 Å². The molecular weight excluding hydrogens is 765 g/mol. The lowest BCUT2D eigenvalue weighted by Crippen LogP contribution is -2.14. The van der Waals surface area contributed by atoms with Crippen molar-refractivity contribution < 1.29 is 0 Å². The Morgan fingerprint density at radius 1 is 0.302 bits per heavy atom. The summed E-state index contributed by atoms with van der Waals surface area (Å²) in [6.45, 7) is 4.66. The fourth-order valence-electron chi connectivity index (χ4n) is 9.55. The van der Waals surface area contributed by atoms with Crippen LogP contribution in [-0.2, 0) is 5.41 Å². The van der Waals surface area contributed by atoms with Crippen LogP contribution in [0.4, 0.5) is 0 Å². The van der Waals surface area contributed by atoms with Gasteiger partial charge in [0.1, 0.15) is 0 Å². The molecule has 2 aromatic heterocycles. The SMILES string of the molecule is CC1(C)c2ccccc2-c2cc3c(-c4cc(-c5ccccc5)cc(-c5nc(-c6ccc7ccccc7c6)nc(-c6ccc7ccccc7c6)n5)c4)cc(-c4ccccc4)nc3cc21. The van der Waals surface area contributed by atoms with Crippen molar-refractivity contribution in [2.24, 2.45) is 0 Å². The minimum atomic E-state index is -0.157. The summed E-state index contributed by atoms with van der Waals surface area (Å²) < 4.78 is 0. The molecule has 4 heteroatoms. The molecule has 0 radical (unpaired) electrons. The lowest BCUT2D eigenvalue weighted by atomic mass is 9.82. The van der Waals surface area contributed by atoms with Gasteiger partial charge in [-0.15, -0.1) is 0 Å². The second kappa shape index (κ2) is 14.5. The summed E-state index contributed by atoms with van der Waals surface area (Å²) in [5, 5.41) is 5.70. The van der Waals surface area contributed by atoms with Crippen molar-refractivity contribution in [2.45, 2.75) is 19.3 Å². The van der Waals surface area contributed by atoms with Crippen LogP contribution in [0.2, 0.25) is 0 Å². The predicted molar refractivity (Wildman–Crippen MR) is 260 cm³/mol.